The Morgan fingerprint density at radius 2 is 1.34 bits per heavy atom. The Hall–Kier alpha value is -1.08. The Bertz CT molecular complexity index is 1450. The van der Waals surface area contributed by atoms with Gasteiger partial charge >= 0.3 is 0 Å². The maximum absolute atomic E-state index is 12.3. The van der Waals surface area contributed by atoms with E-state index in [0.717, 1.165) is 43.3 Å². The van der Waals surface area contributed by atoms with E-state index in [-0.39, 0.29) is 39.9 Å². The maximum atomic E-state index is 12.3. The van der Waals surface area contributed by atoms with Crippen LogP contribution in [0.2, 0.25) is 0 Å². The molecule has 10 N–H and O–H groups in total. The summed E-state index contributed by atoms with van der Waals surface area (Å²) in [6.45, 7) is 15.7. The summed E-state index contributed by atoms with van der Waals surface area (Å²) < 4.78 is 24.0. The Morgan fingerprint density at radius 3 is 1.91 bits per heavy atom. The molecule has 6 rings (SSSR count). The Kier molecular flexibility index (Phi) is 12.8. The smallest absolute Gasteiger partial charge is 0.187 e. The zero-order chi connectivity index (χ0) is 41.4. The Balaban J connectivity index is 1.23. The first-order chi connectivity index (χ1) is 26.1. The molecule has 3 saturated carbocycles. The van der Waals surface area contributed by atoms with E-state index >= 15 is 0 Å². The summed E-state index contributed by atoms with van der Waals surface area (Å²) in [5.41, 5.74) is 0.586. The molecule has 2 aliphatic heterocycles. The van der Waals surface area contributed by atoms with Crippen molar-refractivity contribution in [3.05, 3.63) is 23.3 Å². The van der Waals surface area contributed by atoms with Crippen molar-refractivity contribution in [3.63, 3.8) is 0 Å². The SMILES string of the molecule is CC(C)=C[C@H](O[C@@H]1O[C@H](CO)[C@@H](O)[C@@H](O)[C@H]1O)[C@@H](O)[C@@H](C)[C@H]1CC[C@@]2(C)[C@@H]3[C@H](O)C=C4[C@@H](CC[C@H](O[C@@H]5O[C@H](CO)[C@@H](O)[C@@H](O)[C@H]5O)C4(C)C)[C@]3(C)CC[C@]12C. The van der Waals surface area contributed by atoms with Gasteiger partial charge in [-0.2, -0.15) is 0 Å². The highest BCUT2D eigenvalue weighted by Gasteiger charge is 2.70. The van der Waals surface area contributed by atoms with Crippen molar-refractivity contribution in [2.24, 2.45) is 45.3 Å². The zero-order valence-electron chi connectivity index (χ0n) is 34.3. The molecular formula is C42H70O14. The average molecular weight is 799 g/mol. The third-order valence-electron chi connectivity index (χ3n) is 16.1. The van der Waals surface area contributed by atoms with Crippen LogP contribution < -0.4 is 0 Å². The van der Waals surface area contributed by atoms with Gasteiger partial charge in [0, 0.05) is 11.3 Å². The third kappa shape index (κ3) is 7.08. The number of rotatable bonds is 10. The fraction of sp³-hybridized carbons (Fsp3) is 0.905. The number of aliphatic hydroxyl groups excluding tert-OH is 10. The zero-order valence-corrected chi connectivity index (χ0v) is 34.3. The van der Waals surface area contributed by atoms with Gasteiger partial charge in [0.2, 0.25) is 0 Å². The molecule has 14 nitrogen and oxygen atoms in total. The number of hydrogen-bond acceptors (Lipinski definition) is 14. The predicted octanol–water partition coefficient (Wildman–Crippen LogP) is 0.896. The fourth-order valence-electron chi connectivity index (χ4n) is 12.6. The van der Waals surface area contributed by atoms with Crippen molar-refractivity contribution in [2.45, 2.75) is 180 Å². The minimum absolute atomic E-state index is 0.0511. The quantitative estimate of drug-likeness (QED) is 0.138. The molecule has 322 valence electrons. The van der Waals surface area contributed by atoms with Crippen molar-refractivity contribution < 1.29 is 70.0 Å². The lowest BCUT2D eigenvalue weighted by molar-refractivity contribution is -0.320. The van der Waals surface area contributed by atoms with Gasteiger partial charge in [-0.25, -0.2) is 0 Å². The summed E-state index contributed by atoms with van der Waals surface area (Å²) in [5, 5.41) is 107. The molecule has 0 spiro atoms. The van der Waals surface area contributed by atoms with E-state index < -0.39 is 104 Å². The molecule has 0 unspecified atom stereocenters. The highest BCUT2D eigenvalue weighted by Crippen LogP contribution is 2.75. The van der Waals surface area contributed by atoms with Gasteiger partial charge in [-0.1, -0.05) is 64.8 Å². The van der Waals surface area contributed by atoms with Crippen LogP contribution in [0.3, 0.4) is 0 Å². The Labute approximate surface area is 331 Å². The van der Waals surface area contributed by atoms with Gasteiger partial charge in [0.1, 0.15) is 54.9 Å². The second-order valence-corrected chi connectivity index (χ2v) is 19.6. The standard InChI is InChI=1S/C42H70O14/c1-19(2)15-25(53-37-34(51)32(49)30(47)26(17-43)54-37)29(46)20(3)21-11-12-42(8)36-24(45)16-23-22(40(36,6)13-14-41(21,42)7)9-10-28(39(23,4)5)56-38-35(52)33(50)31(48)27(18-44)55-38/h15-16,20-22,24-38,43-52H,9-14,17-18H2,1-8H3/t20-,21+,22+,24+,25-,26+,27+,28-,29-,30+,31+,32+,33+,34+,35+,36+,37+,38-,40-,41+,42-/m0/s1. The number of fused-ring (bicyclic) bond motifs is 5. The number of allylic oxidation sites excluding steroid dienone is 1. The first-order valence-corrected chi connectivity index (χ1v) is 20.7. The van der Waals surface area contributed by atoms with Crippen LogP contribution in [-0.4, -0.2) is 150 Å². The monoisotopic (exact) mass is 798 g/mol. The highest BCUT2D eigenvalue weighted by atomic mass is 16.7. The molecule has 0 radical (unpaired) electrons. The van der Waals surface area contributed by atoms with E-state index in [1.165, 1.54) is 0 Å². The summed E-state index contributed by atoms with van der Waals surface area (Å²) in [6.07, 6.45) is -8.61. The number of ether oxygens (including phenoxy) is 4. The van der Waals surface area contributed by atoms with Crippen LogP contribution >= 0.6 is 0 Å². The number of aliphatic hydroxyl groups is 10. The van der Waals surface area contributed by atoms with Crippen molar-refractivity contribution in [3.8, 4) is 0 Å². The average Bonchev–Trinajstić information content (AvgIpc) is 3.42. The normalized spacial score (nSPS) is 50.5. The van der Waals surface area contributed by atoms with E-state index in [9.17, 15) is 51.1 Å². The van der Waals surface area contributed by atoms with Gasteiger partial charge < -0.3 is 70.0 Å². The molecule has 2 saturated heterocycles. The van der Waals surface area contributed by atoms with Gasteiger partial charge in [0.25, 0.3) is 0 Å². The van der Waals surface area contributed by atoms with Crippen molar-refractivity contribution in [2.75, 3.05) is 13.2 Å². The molecule has 0 aromatic rings. The largest absolute Gasteiger partial charge is 0.394 e. The van der Waals surface area contributed by atoms with Gasteiger partial charge in [-0.05, 0) is 86.4 Å². The molecule has 4 aliphatic carbocycles. The van der Waals surface area contributed by atoms with E-state index in [2.05, 4.69) is 34.6 Å². The molecule has 56 heavy (non-hydrogen) atoms. The topological polar surface area (TPSA) is 239 Å². The van der Waals surface area contributed by atoms with Gasteiger partial charge in [0.15, 0.2) is 12.6 Å². The Morgan fingerprint density at radius 1 is 0.768 bits per heavy atom. The van der Waals surface area contributed by atoms with Crippen LogP contribution in [0.15, 0.2) is 23.3 Å². The molecule has 21 atom stereocenters. The molecule has 2 heterocycles. The summed E-state index contributed by atoms with van der Waals surface area (Å²) >= 11 is 0. The molecule has 0 aromatic heterocycles. The van der Waals surface area contributed by atoms with Crippen molar-refractivity contribution >= 4 is 0 Å². The van der Waals surface area contributed by atoms with Gasteiger partial charge in [-0.15, -0.1) is 0 Å². The molecule has 5 fully saturated rings. The second kappa shape index (κ2) is 16.1. The lowest BCUT2D eigenvalue weighted by Crippen LogP contribution is -2.64. The number of hydrogen-bond donors (Lipinski definition) is 10. The maximum Gasteiger partial charge on any atom is 0.187 e. The highest BCUT2D eigenvalue weighted by molar-refractivity contribution is 5.33. The molecule has 6 aliphatic rings. The summed E-state index contributed by atoms with van der Waals surface area (Å²) in [6, 6.07) is 0. The molecule has 0 amide bonds. The van der Waals surface area contributed by atoms with E-state index in [4.69, 9.17) is 18.9 Å². The van der Waals surface area contributed by atoms with E-state index in [1.807, 2.05) is 26.8 Å². The lowest BCUT2D eigenvalue weighted by Gasteiger charge is -2.67. The molecule has 14 heteroatoms. The summed E-state index contributed by atoms with van der Waals surface area (Å²) in [5.74, 6) is -0.153. The molecule has 0 aromatic carbocycles. The fourth-order valence-corrected chi connectivity index (χ4v) is 12.6. The minimum Gasteiger partial charge on any atom is -0.394 e. The van der Waals surface area contributed by atoms with Crippen LogP contribution in [0.25, 0.3) is 0 Å². The minimum atomic E-state index is -1.61. The van der Waals surface area contributed by atoms with Crippen LogP contribution in [0.4, 0.5) is 0 Å². The van der Waals surface area contributed by atoms with Gasteiger partial charge in [-0.3, -0.25) is 0 Å². The van der Waals surface area contributed by atoms with Crippen molar-refractivity contribution in [1.82, 2.24) is 0 Å². The van der Waals surface area contributed by atoms with Gasteiger partial charge in [0.05, 0.1) is 31.5 Å². The third-order valence-corrected chi connectivity index (χ3v) is 16.1. The van der Waals surface area contributed by atoms with Crippen LogP contribution in [0.1, 0.15) is 93.9 Å². The lowest BCUT2D eigenvalue weighted by atomic mass is 9.38. The molecule has 0 bridgehead atoms. The summed E-state index contributed by atoms with van der Waals surface area (Å²) in [4.78, 5) is 0. The van der Waals surface area contributed by atoms with E-state index in [0.29, 0.717) is 6.42 Å². The first kappa shape index (κ1) is 44.5. The second-order valence-electron chi connectivity index (χ2n) is 19.6. The van der Waals surface area contributed by atoms with Crippen molar-refractivity contribution in [1.29, 1.82) is 0 Å². The van der Waals surface area contributed by atoms with Crippen LogP contribution in [0.5, 0.6) is 0 Å². The van der Waals surface area contributed by atoms with E-state index in [1.54, 1.807) is 6.08 Å². The predicted molar refractivity (Wildman–Crippen MR) is 202 cm³/mol. The van der Waals surface area contributed by atoms with Crippen LogP contribution in [-0.2, 0) is 18.9 Å². The van der Waals surface area contributed by atoms with Crippen LogP contribution in [0, 0.1) is 45.3 Å². The molecular weight excluding hydrogens is 728 g/mol. The first-order valence-electron chi connectivity index (χ1n) is 20.7. The summed E-state index contributed by atoms with van der Waals surface area (Å²) in [7, 11) is 0.